The summed E-state index contributed by atoms with van der Waals surface area (Å²) in [6, 6.07) is 12.8. The van der Waals surface area contributed by atoms with Crippen LogP contribution in [0, 0.1) is 12.7 Å². The lowest BCUT2D eigenvalue weighted by atomic mass is 10.1. The lowest BCUT2D eigenvalue weighted by molar-refractivity contribution is -0.118. The molecule has 1 amide bonds. The summed E-state index contributed by atoms with van der Waals surface area (Å²) < 4.78 is 19.8. The molecule has 0 fully saturated rings. The van der Waals surface area contributed by atoms with Crippen LogP contribution in [0.3, 0.4) is 0 Å². The van der Waals surface area contributed by atoms with Crippen LogP contribution < -0.4 is 10.5 Å². The van der Waals surface area contributed by atoms with Crippen molar-refractivity contribution in [2.45, 2.75) is 26.8 Å². The van der Waals surface area contributed by atoms with E-state index in [2.05, 4.69) is 10.1 Å². The van der Waals surface area contributed by atoms with E-state index in [9.17, 15) is 18.8 Å². The summed E-state index contributed by atoms with van der Waals surface area (Å²) in [7, 11) is 1.54. The summed E-state index contributed by atoms with van der Waals surface area (Å²) in [5, 5.41) is 5.70. The first-order valence-electron chi connectivity index (χ1n) is 10.9. The van der Waals surface area contributed by atoms with Crippen LogP contribution in [0.25, 0.3) is 10.8 Å². The molecular formula is C25H23FN4O4S. The van der Waals surface area contributed by atoms with Gasteiger partial charge in [-0.25, -0.2) is 18.9 Å². The van der Waals surface area contributed by atoms with Crippen molar-refractivity contribution >= 4 is 39.1 Å². The van der Waals surface area contributed by atoms with E-state index >= 15 is 0 Å². The molecule has 8 nitrogen and oxygen atoms in total. The zero-order chi connectivity index (χ0) is 25.1. The summed E-state index contributed by atoms with van der Waals surface area (Å²) >= 11 is 1.06. The van der Waals surface area contributed by atoms with Crippen LogP contribution in [-0.2, 0) is 29.5 Å². The van der Waals surface area contributed by atoms with Crippen LogP contribution in [0.15, 0.2) is 53.3 Å². The molecule has 0 atom stereocenters. The van der Waals surface area contributed by atoms with Crippen molar-refractivity contribution in [2.24, 2.45) is 7.05 Å². The third-order valence-corrected chi connectivity index (χ3v) is 6.54. The van der Waals surface area contributed by atoms with E-state index in [1.165, 1.54) is 28.8 Å². The number of carbonyl (C=O) groups excluding carboxylic acids is 2. The molecule has 0 saturated carbocycles. The second kappa shape index (κ2) is 10.1. The van der Waals surface area contributed by atoms with Crippen LogP contribution in [0.4, 0.5) is 9.52 Å². The number of aromatic nitrogens is 3. The number of esters is 1. The maximum absolute atomic E-state index is 13.6. The van der Waals surface area contributed by atoms with Crippen LogP contribution in [0.2, 0.25) is 0 Å². The van der Waals surface area contributed by atoms with Crippen LogP contribution in [-0.4, -0.2) is 33.2 Å². The summed E-state index contributed by atoms with van der Waals surface area (Å²) in [5.74, 6) is -1.23. The number of nitrogens with zero attached hydrogens (tertiary/aromatic N) is 4. The van der Waals surface area contributed by atoms with Gasteiger partial charge in [-0.1, -0.05) is 41.7 Å². The Kier molecular flexibility index (Phi) is 7.02. The quantitative estimate of drug-likeness (QED) is 0.363. The van der Waals surface area contributed by atoms with Gasteiger partial charge in [0.1, 0.15) is 10.7 Å². The largest absolute Gasteiger partial charge is 0.462 e. The zero-order valence-electron chi connectivity index (χ0n) is 19.4. The third-order valence-electron chi connectivity index (χ3n) is 5.38. The van der Waals surface area contributed by atoms with Crippen molar-refractivity contribution in [1.82, 2.24) is 14.8 Å². The Morgan fingerprint density at radius 3 is 2.49 bits per heavy atom. The number of anilines is 1. The van der Waals surface area contributed by atoms with Crippen LogP contribution in [0.5, 0.6) is 0 Å². The number of benzene rings is 2. The van der Waals surface area contributed by atoms with Gasteiger partial charge in [0, 0.05) is 12.4 Å². The number of aryl methyl sites for hydroxylation is 2. The van der Waals surface area contributed by atoms with Gasteiger partial charge in [0.25, 0.3) is 5.56 Å². The van der Waals surface area contributed by atoms with Crippen LogP contribution in [0.1, 0.15) is 33.5 Å². The monoisotopic (exact) mass is 494 g/mol. The van der Waals surface area contributed by atoms with E-state index in [1.807, 2.05) is 0 Å². The molecule has 0 bridgehead atoms. The highest BCUT2D eigenvalue weighted by atomic mass is 32.1. The number of amides is 1. The topological polar surface area (TPSA) is 94.4 Å². The molecule has 0 aliphatic heterocycles. The van der Waals surface area contributed by atoms with Crippen molar-refractivity contribution in [3.63, 3.8) is 0 Å². The zero-order valence-corrected chi connectivity index (χ0v) is 20.3. The number of fused-ring (bicyclic) bond motifs is 1. The van der Waals surface area contributed by atoms with E-state index in [4.69, 9.17) is 4.74 Å². The fourth-order valence-corrected chi connectivity index (χ4v) is 4.64. The Balaban J connectivity index is 1.74. The summed E-state index contributed by atoms with van der Waals surface area (Å²) in [6.45, 7) is 3.71. The van der Waals surface area contributed by atoms with Gasteiger partial charge >= 0.3 is 5.97 Å². The Morgan fingerprint density at radius 1 is 1.11 bits per heavy atom. The average molecular weight is 495 g/mol. The molecule has 0 aliphatic carbocycles. The van der Waals surface area contributed by atoms with Gasteiger partial charge in [-0.3, -0.25) is 14.5 Å². The SMILES string of the molecule is CCOC(=O)c1sc(N(Cc2ccc(F)cc2)C(=O)Cc2nn(C)c(=O)c3ccccc23)nc1C. The van der Waals surface area contributed by atoms with Crippen molar-refractivity contribution in [1.29, 1.82) is 0 Å². The highest BCUT2D eigenvalue weighted by Gasteiger charge is 2.25. The maximum atomic E-state index is 13.6. The molecule has 0 unspecified atom stereocenters. The number of ether oxygens (including phenoxy) is 1. The molecule has 0 saturated heterocycles. The van der Waals surface area contributed by atoms with E-state index in [-0.39, 0.29) is 36.9 Å². The van der Waals surface area contributed by atoms with Crippen molar-refractivity contribution < 1.29 is 18.7 Å². The number of thiazole rings is 1. The Morgan fingerprint density at radius 2 is 1.80 bits per heavy atom. The molecule has 35 heavy (non-hydrogen) atoms. The molecule has 10 heteroatoms. The van der Waals surface area contributed by atoms with Crippen molar-refractivity contribution in [3.8, 4) is 0 Å². The number of carbonyl (C=O) groups is 2. The smallest absolute Gasteiger partial charge is 0.350 e. The van der Waals surface area contributed by atoms with Crippen molar-refractivity contribution in [2.75, 3.05) is 11.5 Å². The average Bonchev–Trinajstić information content (AvgIpc) is 3.23. The summed E-state index contributed by atoms with van der Waals surface area (Å²) in [5.41, 5.74) is 1.32. The first-order valence-corrected chi connectivity index (χ1v) is 11.7. The van der Waals surface area contributed by atoms with E-state index < -0.39 is 5.97 Å². The molecule has 0 spiro atoms. The molecule has 4 rings (SSSR count). The van der Waals surface area contributed by atoms with Gasteiger partial charge in [0.2, 0.25) is 5.91 Å². The molecule has 180 valence electrons. The van der Waals surface area contributed by atoms with Crippen molar-refractivity contribution in [3.05, 3.63) is 86.5 Å². The van der Waals surface area contributed by atoms with Gasteiger partial charge in [-0.05, 0) is 37.6 Å². The Labute approximate surface area is 204 Å². The fourth-order valence-electron chi connectivity index (χ4n) is 3.66. The molecule has 4 aromatic rings. The number of hydrogen-bond donors (Lipinski definition) is 0. The molecule has 0 N–H and O–H groups in total. The highest BCUT2D eigenvalue weighted by molar-refractivity contribution is 7.17. The number of hydrogen-bond acceptors (Lipinski definition) is 7. The minimum atomic E-state index is -0.506. The Hall–Kier alpha value is -3.92. The minimum Gasteiger partial charge on any atom is -0.462 e. The lowest BCUT2D eigenvalue weighted by Gasteiger charge is -2.20. The first-order chi connectivity index (χ1) is 16.8. The third kappa shape index (κ3) is 5.12. The molecule has 2 heterocycles. The standard InChI is InChI=1S/C25H23FN4O4S/c1-4-34-24(33)22-15(2)27-25(35-22)30(14-16-9-11-17(26)12-10-16)21(31)13-20-18-7-5-6-8-19(18)23(32)29(3)28-20/h5-12H,4,13-14H2,1-3H3. The van der Waals surface area contributed by atoms with Gasteiger partial charge in [0.15, 0.2) is 5.13 Å². The van der Waals surface area contributed by atoms with Gasteiger partial charge in [0.05, 0.1) is 36.3 Å². The van der Waals surface area contributed by atoms with Gasteiger partial charge in [-0.2, -0.15) is 5.10 Å². The molecule has 2 aromatic heterocycles. The van der Waals surface area contributed by atoms with E-state index in [1.54, 1.807) is 50.2 Å². The lowest BCUT2D eigenvalue weighted by Crippen LogP contribution is -2.33. The van der Waals surface area contributed by atoms with E-state index in [0.717, 1.165) is 11.3 Å². The number of rotatable bonds is 7. The molecular weight excluding hydrogens is 471 g/mol. The predicted octanol–water partition coefficient (Wildman–Crippen LogP) is 3.79. The molecule has 0 aliphatic rings. The number of halogens is 1. The van der Waals surface area contributed by atoms with E-state index in [0.29, 0.717) is 37.7 Å². The summed E-state index contributed by atoms with van der Waals surface area (Å²) in [6.07, 6.45) is -0.108. The van der Waals surface area contributed by atoms with Gasteiger partial charge < -0.3 is 4.74 Å². The van der Waals surface area contributed by atoms with Crippen LogP contribution >= 0.6 is 11.3 Å². The summed E-state index contributed by atoms with van der Waals surface area (Å²) in [4.78, 5) is 44.6. The minimum absolute atomic E-state index is 0.108. The molecule has 0 radical (unpaired) electrons. The predicted molar refractivity (Wildman–Crippen MR) is 131 cm³/mol. The highest BCUT2D eigenvalue weighted by Crippen LogP contribution is 2.29. The maximum Gasteiger partial charge on any atom is 0.350 e. The second-order valence-electron chi connectivity index (χ2n) is 7.84. The molecule has 2 aromatic carbocycles. The van der Waals surface area contributed by atoms with Gasteiger partial charge in [-0.15, -0.1) is 0 Å². The fraction of sp³-hybridized carbons (Fsp3) is 0.240. The Bertz CT molecular complexity index is 1460. The normalized spacial score (nSPS) is 11.0. The first kappa shape index (κ1) is 24.2. The second-order valence-corrected chi connectivity index (χ2v) is 8.81.